The van der Waals surface area contributed by atoms with Gasteiger partial charge in [0, 0.05) is 0 Å². The zero-order chi connectivity index (χ0) is 20.5. The molecule has 0 bridgehead atoms. The zero-order valence-electron chi connectivity index (χ0n) is 17.5. The summed E-state index contributed by atoms with van der Waals surface area (Å²) in [5.74, 6) is 0.246. The van der Waals surface area contributed by atoms with E-state index in [1.165, 1.54) is 36.0 Å². The van der Waals surface area contributed by atoms with Gasteiger partial charge in [0.05, 0.1) is 5.56 Å². The van der Waals surface area contributed by atoms with E-state index in [1.54, 1.807) is 0 Å². The molecule has 3 rings (SSSR count). The van der Waals surface area contributed by atoms with Gasteiger partial charge in [0.1, 0.15) is 5.75 Å². The molecule has 0 aliphatic rings. The average molecular weight is 387 g/mol. The molecule has 2 heteroatoms. The van der Waals surface area contributed by atoms with Crippen LogP contribution >= 0.6 is 0 Å². The molecule has 29 heavy (non-hydrogen) atoms. The van der Waals surface area contributed by atoms with E-state index in [0.717, 1.165) is 24.8 Å². The van der Waals surface area contributed by atoms with Gasteiger partial charge in [-0.2, -0.15) is 0 Å². The van der Waals surface area contributed by atoms with Crippen molar-refractivity contribution in [1.82, 2.24) is 0 Å². The maximum atomic E-state index is 12.4. The molecule has 3 aromatic carbocycles. The second-order valence-electron chi connectivity index (χ2n) is 7.51. The molecular formula is C27H30O2. The maximum Gasteiger partial charge on any atom is 0.343 e. The summed E-state index contributed by atoms with van der Waals surface area (Å²) in [4.78, 5) is 12.4. The smallest absolute Gasteiger partial charge is 0.343 e. The minimum atomic E-state index is -0.318. The van der Waals surface area contributed by atoms with Crippen molar-refractivity contribution in [1.29, 1.82) is 0 Å². The minimum absolute atomic E-state index is 0.318. The highest BCUT2D eigenvalue weighted by atomic mass is 16.5. The lowest BCUT2D eigenvalue weighted by molar-refractivity contribution is 0.0735. The third kappa shape index (κ3) is 6.05. The molecule has 0 aliphatic carbocycles. The lowest BCUT2D eigenvalue weighted by Crippen LogP contribution is -2.08. The summed E-state index contributed by atoms with van der Waals surface area (Å²) in [7, 11) is 0. The normalized spacial score (nSPS) is 10.7. The highest BCUT2D eigenvalue weighted by Gasteiger charge is 2.09. The van der Waals surface area contributed by atoms with Crippen molar-refractivity contribution in [3.8, 4) is 16.9 Å². The first-order valence-electron chi connectivity index (χ1n) is 10.7. The molecule has 150 valence electrons. The summed E-state index contributed by atoms with van der Waals surface area (Å²) in [5, 5.41) is 0. The second-order valence-corrected chi connectivity index (χ2v) is 7.51. The SMILES string of the molecule is CCCCCc1ccc(C(=O)Oc2ccc(-c3ccc(CCC)cc3)cc2)cc1. The molecule has 0 fully saturated rings. The van der Waals surface area contributed by atoms with Crippen LogP contribution in [0.3, 0.4) is 0 Å². The highest BCUT2D eigenvalue weighted by molar-refractivity contribution is 5.91. The van der Waals surface area contributed by atoms with E-state index in [4.69, 9.17) is 4.74 Å². The lowest BCUT2D eigenvalue weighted by Gasteiger charge is -2.08. The Kier molecular flexibility index (Phi) is 7.63. The van der Waals surface area contributed by atoms with E-state index in [1.807, 2.05) is 48.5 Å². The van der Waals surface area contributed by atoms with Crippen LogP contribution in [0.1, 0.15) is 61.0 Å². The largest absolute Gasteiger partial charge is 0.423 e. The predicted molar refractivity (Wildman–Crippen MR) is 121 cm³/mol. The van der Waals surface area contributed by atoms with Gasteiger partial charge in [0.25, 0.3) is 0 Å². The van der Waals surface area contributed by atoms with Gasteiger partial charge in [-0.25, -0.2) is 4.79 Å². The average Bonchev–Trinajstić information content (AvgIpc) is 2.76. The topological polar surface area (TPSA) is 26.3 Å². The summed E-state index contributed by atoms with van der Waals surface area (Å²) in [6, 6.07) is 24.1. The van der Waals surface area contributed by atoms with Crippen LogP contribution in [0.5, 0.6) is 5.75 Å². The fourth-order valence-corrected chi connectivity index (χ4v) is 3.42. The van der Waals surface area contributed by atoms with Crippen molar-refractivity contribution in [2.24, 2.45) is 0 Å². The van der Waals surface area contributed by atoms with Crippen molar-refractivity contribution in [3.63, 3.8) is 0 Å². The number of benzene rings is 3. The first-order valence-corrected chi connectivity index (χ1v) is 10.7. The van der Waals surface area contributed by atoms with Crippen LogP contribution < -0.4 is 4.74 Å². The Morgan fingerprint density at radius 3 is 1.79 bits per heavy atom. The molecule has 0 N–H and O–H groups in total. The maximum absolute atomic E-state index is 12.4. The van der Waals surface area contributed by atoms with Crippen LogP contribution in [0.15, 0.2) is 72.8 Å². The molecule has 0 saturated carbocycles. The summed E-state index contributed by atoms with van der Waals surface area (Å²) >= 11 is 0. The highest BCUT2D eigenvalue weighted by Crippen LogP contribution is 2.24. The van der Waals surface area contributed by atoms with Crippen LogP contribution in [0.4, 0.5) is 0 Å². The fourth-order valence-electron chi connectivity index (χ4n) is 3.42. The van der Waals surface area contributed by atoms with Crippen LogP contribution in [0, 0.1) is 0 Å². The van der Waals surface area contributed by atoms with Gasteiger partial charge in [0.15, 0.2) is 0 Å². The second kappa shape index (κ2) is 10.6. The standard InChI is InChI=1S/C27H30O2/c1-3-5-6-8-22-11-15-25(16-12-22)27(28)29-26-19-17-24(18-20-26)23-13-9-21(7-4-2)10-14-23/h9-20H,3-8H2,1-2H3. The van der Waals surface area contributed by atoms with Gasteiger partial charge in [-0.15, -0.1) is 0 Å². The molecule has 0 heterocycles. The fraction of sp³-hybridized carbons (Fsp3) is 0.296. The van der Waals surface area contributed by atoms with Gasteiger partial charge >= 0.3 is 5.97 Å². The molecule has 3 aromatic rings. The Morgan fingerprint density at radius 2 is 1.21 bits per heavy atom. The molecule has 0 unspecified atom stereocenters. The third-order valence-electron chi connectivity index (χ3n) is 5.15. The van der Waals surface area contributed by atoms with Gasteiger partial charge in [-0.05, 0) is 65.8 Å². The van der Waals surface area contributed by atoms with Crippen molar-refractivity contribution in [2.45, 2.75) is 52.4 Å². The van der Waals surface area contributed by atoms with Crippen molar-refractivity contribution in [3.05, 3.63) is 89.5 Å². The third-order valence-corrected chi connectivity index (χ3v) is 5.15. The number of aryl methyl sites for hydroxylation is 2. The molecule has 0 spiro atoms. The van der Waals surface area contributed by atoms with Crippen LogP contribution in [0.2, 0.25) is 0 Å². The number of hydrogen-bond donors (Lipinski definition) is 0. The van der Waals surface area contributed by atoms with E-state index in [9.17, 15) is 4.79 Å². The Morgan fingerprint density at radius 1 is 0.655 bits per heavy atom. The van der Waals surface area contributed by atoms with E-state index in [2.05, 4.69) is 38.1 Å². The molecule has 0 aliphatic heterocycles. The molecule has 0 aromatic heterocycles. The zero-order valence-corrected chi connectivity index (χ0v) is 17.5. The van der Waals surface area contributed by atoms with Crippen LogP contribution in [-0.4, -0.2) is 5.97 Å². The van der Waals surface area contributed by atoms with Gasteiger partial charge in [-0.3, -0.25) is 0 Å². The molecule has 0 amide bonds. The summed E-state index contributed by atoms with van der Waals surface area (Å²) in [6.07, 6.45) is 6.96. The minimum Gasteiger partial charge on any atom is -0.423 e. The Hall–Kier alpha value is -2.87. The van der Waals surface area contributed by atoms with Gasteiger partial charge in [0.2, 0.25) is 0 Å². The molecule has 0 radical (unpaired) electrons. The first-order chi connectivity index (χ1) is 14.2. The Balaban J connectivity index is 1.59. The summed E-state index contributed by atoms with van der Waals surface area (Å²) < 4.78 is 5.54. The number of carbonyl (C=O) groups excluding carboxylic acids is 1. The Bertz CT molecular complexity index is 891. The number of rotatable bonds is 9. The monoisotopic (exact) mass is 386 g/mol. The predicted octanol–water partition coefficient (Wildman–Crippen LogP) is 7.26. The molecule has 0 atom stereocenters. The molecule has 0 saturated heterocycles. The summed E-state index contributed by atoms with van der Waals surface area (Å²) in [6.45, 7) is 4.39. The molecular weight excluding hydrogens is 356 g/mol. The van der Waals surface area contributed by atoms with Crippen molar-refractivity contribution in [2.75, 3.05) is 0 Å². The molecule has 2 nitrogen and oxygen atoms in total. The van der Waals surface area contributed by atoms with Gasteiger partial charge < -0.3 is 4.74 Å². The van der Waals surface area contributed by atoms with E-state index >= 15 is 0 Å². The quantitative estimate of drug-likeness (QED) is 0.220. The first kappa shape index (κ1) is 20.9. The van der Waals surface area contributed by atoms with Crippen molar-refractivity contribution < 1.29 is 9.53 Å². The van der Waals surface area contributed by atoms with E-state index in [-0.39, 0.29) is 5.97 Å². The lowest BCUT2D eigenvalue weighted by atomic mass is 10.0. The Labute approximate surface area is 174 Å². The van der Waals surface area contributed by atoms with E-state index < -0.39 is 0 Å². The van der Waals surface area contributed by atoms with E-state index in [0.29, 0.717) is 11.3 Å². The number of esters is 1. The number of unbranched alkanes of at least 4 members (excludes halogenated alkanes) is 2. The van der Waals surface area contributed by atoms with Crippen molar-refractivity contribution >= 4 is 5.97 Å². The number of carbonyl (C=O) groups is 1. The van der Waals surface area contributed by atoms with Crippen LogP contribution in [0.25, 0.3) is 11.1 Å². The van der Waals surface area contributed by atoms with Gasteiger partial charge in [-0.1, -0.05) is 81.6 Å². The van der Waals surface area contributed by atoms with Crippen LogP contribution in [-0.2, 0) is 12.8 Å². The summed E-state index contributed by atoms with van der Waals surface area (Å²) in [5.41, 5.74) is 5.49. The number of ether oxygens (including phenoxy) is 1. The number of hydrogen-bond acceptors (Lipinski definition) is 2.